The Morgan fingerprint density at radius 3 is 2.71 bits per heavy atom. The maximum atomic E-state index is 12.3. The number of amides is 1. The predicted molar refractivity (Wildman–Crippen MR) is 82.3 cm³/mol. The summed E-state index contributed by atoms with van der Waals surface area (Å²) < 4.78 is 0. The maximum absolute atomic E-state index is 12.3. The molecule has 0 aromatic carbocycles. The summed E-state index contributed by atoms with van der Waals surface area (Å²) in [6.45, 7) is 2.88. The first-order chi connectivity index (χ1) is 9.97. The largest absolute Gasteiger partial charge is 0.503 e. The Bertz CT molecular complexity index is 563. The van der Waals surface area contributed by atoms with Gasteiger partial charge in [-0.3, -0.25) is 9.59 Å². The Balaban J connectivity index is 2.39. The highest BCUT2D eigenvalue weighted by atomic mass is 32.1. The van der Waals surface area contributed by atoms with Gasteiger partial charge in [-0.15, -0.1) is 11.3 Å². The molecule has 6 heteroatoms. The average molecular weight is 308 g/mol. The Labute approximate surface area is 128 Å². The number of thiophene rings is 1. The van der Waals surface area contributed by atoms with E-state index < -0.39 is 11.9 Å². The van der Waals surface area contributed by atoms with Crippen LogP contribution in [-0.2, 0) is 9.59 Å². The third-order valence-electron chi connectivity index (χ3n) is 3.53. The number of aliphatic hydroxyl groups is 1. The minimum absolute atomic E-state index is 0.174. The quantitative estimate of drug-likeness (QED) is 0.873. The molecule has 2 rings (SSSR count). The van der Waals surface area contributed by atoms with Crippen molar-refractivity contribution in [1.29, 1.82) is 0 Å². The second kappa shape index (κ2) is 6.41. The van der Waals surface area contributed by atoms with E-state index in [0.717, 1.165) is 4.88 Å². The molecule has 0 aliphatic carbocycles. The summed E-state index contributed by atoms with van der Waals surface area (Å²) >= 11 is 1.49. The second-order valence-electron chi connectivity index (χ2n) is 5.26. The highest BCUT2D eigenvalue weighted by Gasteiger charge is 2.43. The van der Waals surface area contributed by atoms with Crippen molar-refractivity contribution in [1.82, 2.24) is 9.80 Å². The van der Waals surface area contributed by atoms with Crippen molar-refractivity contribution in [3.8, 4) is 0 Å². The van der Waals surface area contributed by atoms with Gasteiger partial charge >= 0.3 is 0 Å². The molecule has 1 aromatic heterocycles. The average Bonchev–Trinajstić information content (AvgIpc) is 3.04. The van der Waals surface area contributed by atoms with Gasteiger partial charge in [-0.1, -0.05) is 13.0 Å². The lowest BCUT2D eigenvalue weighted by Gasteiger charge is -2.26. The van der Waals surface area contributed by atoms with Crippen LogP contribution in [0, 0.1) is 0 Å². The van der Waals surface area contributed by atoms with Crippen molar-refractivity contribution in [2.75, 3.05) is 27.2 Å². The summed E-state index contributed by atoms with van der Waals surface area (Å²) in [5.41, 5.74) is 0.240. The number of carbonyl (C=O) groups is 2. The van der Waals surface area contributed by atoms with Crippen LogP contribution >= 0.6 is 11.3 Å². The van der Waals surface area contributed by atoms with E-state index in [4.69, 9.17) is 0 Å². The Kier molecular flexibility index (Phi) is 4.80. The van der Waals surface area contributed by atoms with Gasteiger partial charge in [0.15, 0.2) is 11.5 Å². The Hall–Kier alpha value is -1.66. The number of carbonyl (C=O) groups excluding carboxylic acids is 2. The first kappa shape index (κ1) is 15.7. The van der Waals surface area contributed by atoms with Gasteiger partial charge in [0.25, 0.3) is 5.91 Å². The van der Waals surface area contributed by atoms with Crippen LogP contribution in [0.2, 0.25) is 0 Å². The van der Waals surface area contributed by atoms with Gasteiger partial charge in [0.2, 0.25) is 0 Å². The molecule has 1 aliphatic rings. The molecule has 1 amide bonds. The number of ketones is 1. The molecule has 1 aromatic rings. The third-order valence-corrected chi connectivity index (χ3v) is 4.45. The zero-order valence-corrected chi connectivity index (χ0v) is 13.3. The Morgan fingerprint density at radius 2 is 2.19 bits per heavy atom. The van der Waals surface area contributed by atoms with E-state index in [2.05, 4.69) is 0 Å². The summed E-state index contributed by atoms with van der Waals surface area (Å²) in [5.74, 6) is -1.02. The zero-order valence-electron chi connectivity index (χ0n) is 12.5. The van der Waals surface area contributed by atoms with E-state index in [9.17, 15) is 14.7 Å². The molecule has 114 valence electrons. The van der Waals surface area contributed by atoms with E-state index >= 15 is 0 Å². The van der Waals surface area contributed by atoms with Gasteiger partial charge in [-0.25, -0.2) is 0 Å². The maximum Gasteiger partial charge on any atom is 0.290 e. The lowest BCUT2D eigenvalue weighted by atomic mass is 10.0. The summed E-state index contributed by atoms with van der Waals surface area (Å²) in [7, 11) is 3.85. The van der Waals surface area contributed by atoms with E-state index in [-0.39, 0.29) is 23.5 Å². The van der Waals surface area contributed by atoms with E-state index in [1.54, 1.807) is 11.8 Å². The molecule has 0 saturated carbocycles. The molecule has 1 atom stereocenters. The minimum atomic E-state index is -0.454. The van der Waals surface area contributed by atoms with Crippen LogP contribution in [0.4, 0.5) is 0 Å². The molecular formula is C15H20N2O3S. The number of rotatable bonds is 6. The molecule has 1 aliphatic heterocycles. The predicted octanol–water partition coefficient (Wildman–Crippen LogP) is 1.98. The van der Waals surface area contributed by atoms with Crippen molar-refractivity contribution in [3.05, 3.63) is 33.7 Å². The standard InChI is InChI=1S/C15H20N2O3S/c1-4-10(18)12-13(11-6-5-9-21-11)17(8-7-16(2)3)15(20)14(12)19/h5-6,9,13,19H,4,7-8H2,1-3H3. The van der Waals surface area contributed by atoms with Crippen LogP contribution in [0.5, 0.6) is 0 Å². The van der Waals surface area contributed by atoms with E-state index in [1.165, 1.54) is 11.3 Å². The fourth-order valence-electron chi connectivity index (χ4n) is 2.41. The van der Waals surface area contributed by atoms with E-state index in [0.29, 0.717) is 13.1 Å². The molecule has 0 bridgehead atoms. The number of aliphatic hydroxyl groups excluding tert-OH is 1. The van der Waals surface area contributed by atoms with Crippen LogP contribution in [0.15, 0.2) is 28.8 Å². The second-order valence-corrected chi connectivity index (χ2v) is 6.24. The SMILES string of the molecule is CCC(=O)C1=C(O)C(=O)N(CCN(C)C)C1c1cccs1. The monoisotopic (exact) mass is 308 g/mol. The molecule has 0 saturated heterocycles. The van der Waals surface area contributed by atoms with Crippen molar-refractivity contribution in [2.24, 2.45) is 0 Å². The van der Waals surface area contributed by atoms with Crippen LogP contribution in [0.1, 0.15) is 24.3 Å². The minimum Gasteiger partial charge on any atom is -0.503 e. The molecule has 2 heterocycles. The number of Topliss-reactive ketones (excluding diaryl/α,β-unsaturated/α-hetero) is 1. The van der Waals surface area contributed by atoms with Crippen molar-refractivity contribution in [3.63, 3.8) is 0 Å². The van der Waals surface area contributed by atoms with Gasteiger partial charge in [0.05, 0.1) is 11.6 Å². The van der Waals surface area contributed by atoms with Crippen LogP contribution in [0.25, 0.3) is 0 Å². The van der Waals surface area contributed by atoms with Crippen LogP contribution in [0.3, 0.4) is 0 Å². The lowest BCUT2D eigenvalue weighted by Crippen LogP contribution is -2.36. The van der Waals surface area contributed by atoms with Crippen molar-refractivity contribution >= 4 is 23.0 Å². The van der Waals surface area contributed by atoms with Crippen molar-refractivity contribution < 1.29 is 14.7 Å². The Morgan fingerprint density at radius 1 is 1.48 bits per heavy atom. The lowest BCUT2D eigenvalue weighted by molar-refractivity contribution is -0.129. The first-order valence-electron chi connectivity index (χ1n) is 6.92. The highest BCUT2D eigenvalue weighted by Crippen LogP contribution is 2.39. The van der Waals surface area contributed by atoms with Gasteiger partial charge in [0.1, 0.15) is 0 Å². The summed E-state index contributed by atoms with van der Waals surface area (Å²) in [6, 6.07) is 3.33. The normalized spacial score (nSPS) is 19.0. The number of hydrogen-bond acceptors (Lipinski definition) is 5. The number of likely N-dealkylation sites (N-methyl/N-ethyl adjacent to an activating group) is 1. The van der Waals surface area contributed by atoms with Gasteiger partial charge in [0, 0.05) is 24.4 Å². The topological polar surface area (TPSA) is 60.9 Å². The molecule has 0 fully saturated rings. The first-order valence-corrected chi connectivity index (χ1v) is 7.80. The number of nitrogens with zero attached hydrogens (tertiary/aromatic N) is 2. The molecule has 21 heavy (non-hydrogen) atoms. The molecular weight excluding hydrogens is 288 g/mol. The summed E-state index contributed by atoms with van der Waals surface area (Å²) in [4.78, 5) is 28.9. The molecule has 1 N–H and O–H groups in total. The number of hydrogen-bond donors (Lipinski definition) is 1. The summed E-state index contributed by atoms with van der Waals surface area (Å²) in [6.07, 6.45) is 0.274. The molecule has 0 radical (unpaired) electrons. The highest BCUT2D eigenvalue weighted by molar-refractivity contribution is 7.10. The zero-order chi connectivity index (χ0) is 15.6. The van der Waals surface area contributed by atoms with E-state index in [1.807, 2.05) is 36.5 Å². The molecule has 1 unspecified atom stereocenters. The molecule has 5 nitrogen and oxygen atoms in total. The van der Waals surface area contributed by atoms with Gasteiger partial charge < -0.3 is 14.9 Å². The fraction of sp³-hybridized carbons (Fsp3) is 0.467. The third kappa shape index (κ3) is 3.01. The van der Waals surface area contributed by atoms with Crippen molar-refractivity contribution in [2.45, 2.75) is 19.4 Å². The molecule has 0 spiro atoms. The van der Waals surface area contributed by atoms with Crippen LogP contribution in [-0.4, -0.2) is 53.8 Å². The summed E-state index contributed by atoms with van der Waals surface area (Å²) in [5, 5.41) is 12.0. The van der Waals surface area contributed by atoms with Crippen LogP contribution < -0.4 is 0 Å². The van der Waals surface area contributed by atoms with Gasteiger partial charge in [-0.05, 0) is 25.5 Å². The fourth-order valence-corrected chi connectivity index (χ4v) is 3.26. The smallest absolute Gasteiger partial charge is 0.290 e. The van der Waals surface area contributed by atoms with Gasteiger partial charge in [-0.2, -0.15) is 0 Å².